The van der Waals surface area contributed by atoms with Gasteiger partial charge in [0.25, 0.3) is 0 Å². The minimum Gasteiger partial charge on any atom is -0.388 e. The van der Waals surface area contributed by atoms with Crippen LogP contribution in [0.1, 0.15) is 63.7 Å². The number of aliphatic hydroxyl groups excluding tert-OH is 1. The van der Waals surface area contributed by atoms with E-state index in [9.17, 15) is 9.90 Å². The molecule has 3 rings (SSSR count). The fourth-order valence-corrected chi connectivity index (χ4v) is 3.92. The molecule has 6 nitrogen and oxygen atoms in total. The molecule has 0 saturated heterocycles. The molecule has 122 valence electrons. The van der Waals surface area contributed by atoms with Crippen molar-refractivity contribution < 1.29 is 9.90 Å². The molecule has 2 saturated carbocycles. The minimum absolute atomic E-state index is 0.0767. The molecule has 1 amide bonds. The second-order valence-electron chi connectivity index (χ2n) is 6.26. The van der Waals surface area contributed by atoms with Crippen LogP contribution in [0.3, 0.4) is 0 Å². The lowest BCUT2D eigenvalue weighted by molar-refractivity contribution is -0.121. The van der Waals surface area contributed by atoms with E-state index in [1.165, 1.54) is 31.0 Å². The van der Waals surface area contributed by atoms with E-state index in [2.05, 4.69) is 15.5 Å². The summed E-state index contributed by atoms with van der Waals surface area (Å²) in [6.45, 7) is 1.81. The number of aromatic nitrogens is 3. The standard InChI is InChI=1S/C15H24N4O2S/c1-10(14(21)16-11-5-3-2-4-6-11)22-15-18-17-13(9-20)19(15)12-7-8-12/h10-12,20H,2-9H2,1H3,(H,16,21). The lowest BCUT2D eigenvalue weighted by atomic mass is 9.95. The molecule has 0 radical (unpaired) electrons. The van der Waals surface area contributed by atoms with Gasteiger partial charge in [0.2, 0.25) is 5.91 Å². The number of carbonyl (C=O) groups is 1. The molecule has 2 aliphatic carbocycles. The maximum absolute atomic E-state index is 12.3. The van der Waals surface area contributed by atoms with E-state index in [4.69, 9.17) is 0 Å². The first-order chi connectivity index (χ1) is 10.7. The molecule has 2 N–H and O–H groups in total. The van der Waals surface area contributed by atoms with Crippen LogP contribution >= 0.6 is 11.8 Å². The zero-order chi connectivity index (χ0) is 15.5. The van der Waals surface area contributed by atoms with Crippen molar-refractivity contribution in [1.29, 1.82) is 0 Å². The highest BCUT2D eigenvalue weighted by molar-refractivity contribution is 8.00. The van der Waals surface area contributed by atoms with E-state index < -0.39 is 0 Å². The van der Waals surface area contributed by atoms with Crippen LogP contribution in [0.15, 0.2) is 5.16 Å². The van der Waals surface area contributed by atoms with Crippen LogP contribution in [-0.2, 0) is 11.4 Å². The summed E-state index contributed by atoms with van der Waals surface area (Å²) in [5.74, 6) is 0.678. The molecular formula is C15H24N4O2S. The molecule has 0 bridgehead atoms. The molecule has 0 aliphatic heterocycles. The summed E-state index contributed by atoms with van der Waals surface area (Å²) in [5.41, 5.74) is 0. The number of amides is 1. The second-order valence-corrected chi connectivity index (χ2v) is 7.57. The lowest BCUT2D eigenvalue weighted by Crippen LogP contribution is -2.40. The van der Waals surface area contributed by atoms with Crippen LogP contribution < -0.4 is 5.32 Å². The first-order valence-electron chi connectivity index (χ1n) is 8.20. The Morgan fingerprint density at radius 2 is 2.05 bits per heavy atom. The van der Waals surface area contributed by atoms with Gasteiger partial charge in [-0.25, -0.2) is 0 Å². The normalized spacial score (nSPS) is 20.8. The first-order valence-corrected chi connectivity index (χ1v) is 9.08. The van der Waals surface area contributed by atoms with Gasteiger partial charge in [0.1, 0.15) is 6.61 Å². The van der Waals surface area contributed by atoms with Crippen LogP contribution in [0.4, 0.5) is 0 Å². The molecule has 0 aromatic carbocycles. The minimum atomic E-state index is -0.199. The number of nitrogens with one attached hydrogen (secondary N) is 1. The van der Waals surface area contributed by atoms with Gasteiger partial charge in [-0.15, -0.1) is 10.2 Å². The van der Waals surface area contributed by atoms with Crippen molar-refractivity contribution >= 4 is 17.7 Å². The maximum atomic E-state index is 12.3. The van der Waals surface area contributed by atoms with E-state index >= 15 is 0 Å². The number of rotatable bonds is 6. The third-order valence-corrected chi connectivity index (χ3v) is 5.45. The molecule has 1 unspecified atom stereocenters. The second kappa shape index (κ2) is 7.00. The predicted molar refractivity (Wildman–Crippen MR) is 84.6 cm³/mol. The van der Waals surface area contributed by atoms with Crippen molar-refractivity contribution in [1.82, 2.24) is 20.1 Å². The van der Waals surface area contributed by atoms with E-state index in [0.717, 1.165) is 30.8 Å². The summed E-state index contributed by atoms with van der Waals surface area (Å²) < 4.78 is 2.00. The van der Waals surface area contributed by atoms with E-state index in [0.29, 0.717) is 17.9 Å². The quantitative estimate of drug-likeness (QED) is 0.783. The van der Waals surface area contributed by atoms with E-state index in [1.807, 2.05) is 11.5 Å². The van der Waals surface area contributed by atoms with Gasteiger partial charge in [0, 0.05) is 12.1 Å². The Balaban J connectivity index is 1.60. The number of hydrogen-bond donors (Lipinski definition) is 2. The van der Waals surface area contributed by atoms with Crippen LogP contribution in [0.2, 0.25) is 0 Å². The topological polar surface area (TPSA) is 80.0 Å². The molecule has 0 spiro atoms. The molecule has 1 heterocycles. The van der Waals surface area contributed by atoms with Gasteiger partial charge in [0.15, 0.2) is 11.0 Å². The zero-order valence-electron chi connectivity index (χ0n) is 13.0. The molecule has 2 aliphatic rings. The smallest absolute Gasteiger partial charge is 0.233 e. The Labute approximate surface area is 135 Å². The van der Waals surface area contributed by atoms with Gasteiger partial charge in [-0.3, -0.25) is 4.79 Å². The van der Waals surface area contributed by atoms with Crippen molar-refractivity contribution in [2.45, 2.75) is 81.0 Å². The Kier molecular flexibility index (Phi) is 5.03. The van der Waals surface area contributed by atoms with Gasteiger partial charge in [-0.2, -0.15) is 0 Å². The monoisotopic (exact) mass is 324 g/mol. The van der Waals surface area contributed by atoms with Gasteiger partial charge in [-0.05, 0) is 32.6 Å². The van der Waals surface area contributed by atoms with Crippen LogP contribution in [0.5, 0.6) is 0 Å². The van der Waals surface area contributed by atoms with E-state index in [-0.39, 0.29) is 17.8 Å². The molecule has 1 aromatic heterocycles. The van der Waals surface area contributed by atoms with Crippen molar-refractivity contribution in [2.75, 3.05) is 0 Å². The average Bonchev–Trinajstić information content (AvgIpc) is 3.29. The Bertz CT molecular complexity index is 524. The Morgan fingerprint density at radius 1 is 1.32 bits per heavy atom. The molecule has 7 heteroatoms. The molecule has 1 aromatic rings. The van der Waals surface area contributed by atoms with Gasteiger partial charge in [-0.1, -0.05) is 31.0 Å². The molecular weight excluding hydrogens is 300 g/mol. The van der Waals surface area contributed by atoms with E-state index in [1.54, 1.807) is 0 Å². The Hall–Kier alpha value is -1.08. The SMILES string of the molecule is CC(Sc1nnc(CO)n1C1CC1)C(=O)NC1CCCCC1. The highest BCUT2D eigenvalue weighted by Gasteiger charge is 2.31. The van der Waals surface area contributed by atoms with Crippen LogP contribution in [0.25, 0.3) is 0 Å². The van der Waals surface area contributed by atoms with Crippen molar-refractivity contribution in [3.63, 3.8) is 0 Å². The van der Waals surface area contributed by atoms with Crippen LogP contribution in [-0.4, -0.2) is 37.1 Å². The molecule has 2 fully saturated rings. The van der Waals surface area contributed by atoms with Gasteiger partial charge < -0.3 is 15.0 Å². The third-order valence-electron chi connectivity index (χ3n) is 4.39. The molecule has 22 heavy (non-hydrogen) atoms. The van der Waals surface area contributed by atoms with Crippen molar-refractivity contribution in [2.24, 2.45) is 0 Å². The highest BCUT2D eigenvalue weighted by Crippen LogP contribution is 2.39. The zero-order valence-corrected chi connectivity index (χ0v) is 13.8. The number of hydrogen-bond acceptors (Lipinski definition) is 5. The fraction of sp³-hybridized carbons (Fsp3) is 0.800. The van der Waals surface area contributed by atoms with Crippen molar-refractivity contribution in [3.8, 4) is 0 Å². The van der Waals surface area contributed by atoms with Crippen molar-refractivity contribution in [3.05, 3.63) is 5.82 Å². The predicted octanol–water partition coefficient (Wildman–Crippen LogP) is 2.03. The summed E-state index contributed by atoms with van der Waals surface area (Å²) in [6.07, 6.45) is 8.09. The Morgan fingerprint density at radius 3 is 2.68 bits per heavy atom. The number of thioether (sulfide) groups is 1. The molecule has 1 atom stereocenters. The average molecular weight is 324 g/mol. The van der Waals surface area contributed by atoms with Gasteiger partial charge in [0.05, 0.1) is 5.25 Å². The summed E-state index contributed by atoms with van der Waals surface area (Å²) in [7, 11) is 0. The first kappa shape index (κ1) is 15.8. The summed E-state index contributed by atoms with van der Waals surface area (Å²) in [6, 6.07) is 0.729. The largest absolute Gasteiger partial charge is 0.388 e. The summed E-state index contributed by atoms with van der Waals surface area (Å²) in [4.78, 5) is 12.3. The number of aliphatic hydroxyl groups is 1. The third kappa shape index (κ3) is 3.63. The lowest BCUT2D eigenvalue weighted by Gasteiger charge is -2.24. The highest BCUT2D eigenvalue weighted by atomic mass is 32.2. The van der Waals surface area contributed by atoms with Gasteiger partial charge >= 0.3 is 0 Å². The van der Waals surface area contributed by atoms with Crippen LogP contribution in [0, 0.1) is 0 Å². The number of nitrogens with zero attached hydrogens (tertiary/aromatic N) is 3. The fourth-order valence-electron chi connectivity index (χ4n) is 2.97. The number of carbonyl (C=O) groups excluding carboxylic acids is 1. The summed E-state index contributed by atoms with van der Waals surface area (Å²) >= 11 is 1.44. The maximum Gasteiger partial charge on any atom is 0.233 e. The summed E-state index contributed by atoms with van der Waals surface area (Å²) in [5, 5.41) is 21.3.